The highest BCUT2D eigenvalue weighted by molar-refractivity contribution is 7.00. The number of hydrogen-bond acceptors (Lipinski definition) is 10. The smallest absolute Gasteiger partial charge is 0.342 e. The summed E-state index contributed by atoms with van der Waals surface area (Å²) in [5, 5.41) is 12.0. The van der Waals surface area contributed by atoms with Gasteiger partial charge in [0.2, 0.25) is 0 Å². The largest absolute Gasteiger partial charge is 0.486 e. The van der Waals surface area contributed by atoms with Crippen LogP contribution in [0.4, 0.5) is 0 Å². The van der Waals surface area contributed by atoms with Crippen molar-refractivity contribution < 1.29 is 33.6 Å². The summed E-state index contributed by atoms with van der Waals surface area (Å²) < 4.78 is 30.6. The molecule has 38 heavy (non-hydrogen) atoms. The van der Waals surface area contributed by atoms with Crippen molar-refractivity contribution in [1.29, 1.82) is 0 Å². The van der Waals surface area contributed by atoms with Gasteiger partial charge in [0.1, 0.15) is 24.2 Å². The lowest BCUT2D eigenvalue weighted by atomic mass is 9.87. The number of carbonyl (C=O) groups is 2. The number of benzene rings is 3. The highest BCUT2D eigenvalue weighted by Gasteiger charge is 2.48. The van der Waals surface area contributed by atoms with Gasteiger partial charge in [-0.25, -0.2) is 9.59 Å². The minimum Gasteiger partial charge on any atom is -0.486 e. The van der Waals surface area contributed by atoms with Crippen molar-refractivity contribution in [3.8, 4) is 11.5 Å². The van der Waals surface area contributed by atoms with Gasteiger partial charge in [0.25, 0.3) is 5.79 Å². The van der Waals surface area contributed by atoms with Crippen LogP contribution in [0.25, 0.3) is 16.6 Å². The molecule has 192 valence electrons. The number of nitrogens with zero attached hydrogens (tertiary/aromatic N) is 2. The molecule has 10 heteroatoms. The molecule has 0 fully saturated rings. The van der Waals surface area contributed by atoms with Crippen molar-refractivity contribution in [2.75, 3.05) is 19.8 Å². The maximum Gasteiger partial charge on any atom is 0.342 e. The van der Waals surface area contributed by atoms with E-state index >= 15 is 0 Å². The van der Waals surface area contributed by atoms with E-state index in [0.717, 1.165) is 17.3 Å². The molecule has 1 unspecified atom stereocenters. The summed E-state index contributed by atoms with van der Waals surface area (Å²) in [5.74, 6) is -2.13. The number of carbonyl (C=O) groups excluding carboxylic acids is 2. The van der Waals surface area contributed by atoms with E-state index < -0.39 is 17.7 Å². The number of hydrogen-bond donors (Lipinski definition) is 1. The Morgan fingerprint density at radius 3 is 2.55 bits per heavy atom. The summed E-state index contributed by atoms with van der Waals surface area (Å²) in [5.41, 5.74) is 4.01. The molecule has 0 saturated heterocycles. The summed E-state index contributed by atoms with van der Waals surface area (Å²) in [6.45, 7) is 2.82. The van der Waals surface area contributed by atoms with Crippen LogP contribution in [-0.2, 0) is 26.5 Å². The Balaban J connectivity index is 1.46. The standard InChI is InChI=1S/C28H22N2O7S/c1-2-34-26(31)17-5-3-16(4-6-17)13-20-25(18-7-9-21-22(14-18)30-38-29-21)27(32)37-28(20,33)19-8-10-23-24(15-19)36-12-11-35-23/h3-10,14-15,33H,2,11-13H2,1H3. The van der Waals surface area contributed by atoms with Crippen LogP contribution in [-0.4, -0.2) is 45.6 Å². The van der Waals surface area contributed by atoms with Crippen LogP contribution in [0.15, 0.2) is 66.2 Å². The first-order chi connectivity index (χ1) is 18.5. The fourth-order valence-electron chi connectivity index (χ4n) is 4.64. The molecule has 4 aromatic rings. The number of fused-ring (bicyclic) bond motifs is 2. The first-order valence-corrected chi connectivity index (χ1v) is 12.8. The maximum absolute atomic E-state index is 13.4. The van der Waals surface area contributed by atoms with Crippen LogP contribution < -0.4 is 9.47 Å². The normalized spacial score (nSPS) is 18.5. The van der Waals surface area contributed by atoms with E-state index in [-0.39, 0.29) is 18.6 Å². The minimum atomic E-state index is -2.06. The van der Waals surface area contributed by atoms with Crippen molar-refractivity contribution >= 4 is 40.3 Å². The van der Waals surface area contributed by atoms with Crippen molar-refractivity contribution in [2.24, 2.45) is 0 Å². The van der Waals surface area contributed by atoms with E-state index in [0.29, 0.717) is 58.0 Å². The number of rotatable bonds is 6. The molecule has 3 aromatic carbocycles. The molecule has 2 aliphatic rings. The second kappa shape index (κ2) is 9.55. The predicted octanol–water partition coefficient (Wildman–Crippen LogP) is 4.04. The fraction of sp³-hybridized carbons (Fsp3) is 0.214. The molecule has 1 N–H and O–H groups in total. The molecule has 2 aliphatic heterocycles. The van der Waals surface area contributed by atoms with Gasteiger partial charge in [-0.05, 0) is 60.5 Å². The molecule has 0 amide bonds. The number of aromatic nitrogens is 2. The van der Waals surface area contributed by atoms with Gasteiger partial charge in [-0.3, -0.25) is 0 Å². The van der Waals surface area contributed by atoms with E-state index in [2.05, 4.69) is 8.75 Å². The van der Waals surface area contributed by atoms with Crippen molar-refractivity contribution in [1.82, 2.24) is 8.75 Å². The third-order valence-electron chi connectivity index (χ3n) is 6.48. The number of ether oxygens (including phenoxy) is 4. The Kier molecular flexibility index (Phi) is 6.05. The first-order valence-electron chi connectivity index (χ1n) is 12.0. The van der Waals surface area contributed by atoms with Crippen LogP contribution in [0.5, 0.6) is 11.5 Å². The second-order valence-electron chi connectivity index (χ2n) is 8.81. The highest BCUT2D eigenvalue weighted by Crippen LogP contribution is 2.46. The van der Waals surface area contributed by atoms with E-state index in [1.54, 1.807) is 67.6 Å². The van der Waals surface area contributed by atoms with Crippen LogP contribution in [0.2, 0.25) is 0 Å². The Morgan fingerprint density at radius 2 is 1.76 bits per heavy atom. The summed E-state index contributed by atoms with van der Waals surface area (Å²) >= 11 is 1.08. The topological polar surface area (TPSA) is 117 Å². The molecule has 0 aliphatic carbocycles. The lowest BCUT2D eigenvalue weighted by Gasteiger charge is -2.27. The monoisotopic (exact) mass is 530 g/mol. The zero-order valence-electron chi connectivity index (χ0n) is 20.3. The molecule has 1 atom stereocenters. The maximum atomic E-state index is 13.4. The summed E-state index contributed by atoms with van der Waals surface area (Å²) in [6, 6.07) is 17.1. The molecule has 0 bridgehead atoms. The van der Waals surface area contributed by atoms with Gasteiger partial charge in [0, 0.05) is 17.6 Å². The molecule has 1 aromatic heterocycles. The lowest BCUT2D eigenvalue weighted by Crippen LogP contribution is -2.30. The zero-order chi connectivity index (χ0) is 26.3. The van der Waals surface area contributed by atoms with Gasteiger partial charge in [0.15, 0.2) is 11.5 Å². The van der Waals surface area contributed by atoms with Gasteiger partial charge < -0.3 is 24.1 Å². The van der Waals surface area contributed by atoms with Crippen LogP contribution in [0.3, 0.4) is 0 Å². The van der Waals surface area contributed by atoms with E-state index in [1.165, 1.54) is 0 Å². The van der Waals surface area contributed by atoms with E-state index in [9.17, 15) is 14.7 Å². The molecule has 0 saturated carbocycles. The molecule has 9 nitrogen and oxygen atoms in total. The van der Waals surface area contributed by atoms with Crippen molar-refractivity contribution in [3.05, 3.63) is 88.5 Å². The summed E-state index contributed by atoms with van der Waals surface area (Å²) in [4.78, 5) is 25.5. The van der Waals surface area contributed by atoms with Gasteiger partial charge in [-0.15, -0.1) is 0 Å². The highest BCUT2D eigenvalue weighted by atomic mass is 32.1. The predicted molar refractivity (Wildman–Crippen MR) is 138 cm³/mol. The quantitative estimate of drug-likeness (QED) is 0.369. The van der Waals surface area contributed by atoms with Gasteiger partial charge in [0.05, 0.1) is 29.5 Å². The second-order valence-corrected chi connectivity index (χ2v) is 9.34. The van der Waals surface area contributed by atoms with Gasteiger partial charge in [-0.2, -0.15) is 8.75 Å². The Hall–Kier alpha value is -4.28. The third kappa shape index (κ3) is 4.17. The molecular formula is C28H22N2O7S. The van der Waals surface area contributed by atoms with Crippen LogP contribution in [0.1, 0.15) is 34.0 Å². The number of aliphatic hydroxyl groups is 1. The SMILES string of the molecule is CCOC(=O)c1ccc(CC2=C(c3ccc4nsnc4c3)C(=O)OC2(O)c2ccc3c(c2)OCCO3)cc1. The van der Waals surface area contributed by atoms with Gasteiger partial charge >= 0.3 is 11.9 Å². The Morgan fingerprint density at radius 1 is 1.00 bits per heavy atom. The molecular weight excluding hydrogens is 508 g/mol. The first kappa shape index (κ1) is 24.1. The van der Waals surface area contributed by atoms with Crippen molar-refractivity contribution in [2.45, 2.75) is 19.1 Å². The van der Waals surface area contributed by atoms with Crippen LogP contribution in [0, 0.1) is 0 Å². The number of cyclic esters (lactones) is 1. The number of esters is 2. The summed E-state index contributed by atoms with van der Waals surface area (Å²) in [7, 11) is 0. The van der Waals surface area contributed by atoms with E-state index in [1.807, 2.05) is 0 Å². The average molecular weight is 531 g/mol. The summed E-state index contributed by atoms with van der Waals surface area (Å²) in [6.07, 6.45) is 0.169. The average Bonchev–Trinajstić information content (AvgIpc) is 3.50. The fourth-order valence-corrected chi connectivity index (χ4v) is 5.16. The van der Waals surface area contributed by atoms with Gasteiger partial charge in [-0.1, -0.05) is 18.2 Å². The zero-order valence-corrected chi connectivity index (χ0v) is 21.1. The van der Waals surface area contributed by atoms with E-state index in [4.69, 9.17) is 18.9 Å². The van der Waals surface area contributed by atoms with Crippen LogP contribution >= 0.6 is 11.7 Å². The minimum absolute atomic E-state index is 0.169. The van der Waals surface area contributed by atoms with Crippen molar-refractivity contribution in [3.63, 3.8) is 0 Å². The Bertz CT molecular complexity index is 1590. The third-order valence-corrected chi connectivity index (χ3v) is 7.03. The molecule has 0 spiro atoms. The molecule has 6 rings (SSSR count). The Labute approximate surface area is 221 Å². The molecule has 0 radical (unpaired) electrons. The lowest BCUT2D eigenvalue weighted by molar-refractivity contribution is -0.185. The molecule has 3 heterocycles.